The van der Waals surface area contributed by atoms with Gasteiger partial charge >= 0.3 is 0 Å². The lowest BCUT2D eigenvalue weighted by atomic mass is 10.1. The van der Waals surface area contributed by atoms with E-state index in [1.807, 2.05) is 6.92 Å². The molecule has 8 nitrogen and oxygen atoms in total. The Kier molecular flexibility index (Phi) is 4.84. The molecule has 8 heteroatoms. The van der Waals surface area contributed by atoms with Crippen LogP contribution >= 0.6 is 0 Å². The molecule has 0 aliphatic heterocycles. The number of benzene rings is 1. The van der Waals surface area contributed by atoms with Crippen LogP contribution in [0.1, 0.15) is 19.8 Å². The van der Waals surface area contributed by atoms with Gasteiger partial charge in [0.25, 0.3) is 5.69 Å². The highest BCUT2D eigenvalue weighted by Gasteiger charge is 2.15. The minimum atomic E-state index is -0.581. The fourth-order valence-corrected chi connectivity index (χ4v) is 1.98. The number of amides is 1. The van der Waals surface area contributed by atoms with E-state index in [0.29, 0.717) is 23.5 Å². The maximum absolute atomic E-state index is 11.8. The first kappa shape index (κ1) is 15.6. The summed E-state index contributed by atoms with van der Waals surface area (Å²) in [7, 11) is 0. The van der Waals surface area contributed by atoms with Crippen molar-refractivity contribution in [3.63, 3.8) is 0 Å². The zero-order valence-electron chi connectivity index (χ0n) is 12.1. The van der Waals surface area contributed by atoms with E-state index in [0.717, 1.165) is 6.42 Å². The van der Waals surface area contributed by atoms with E-state index >= 15 is 0 Å². The molecule has 0 bridgehead atoms. The predicted molar refractivity (Wildman–Crippen MR) is 82.2 cm³/mol. The molecule has 0 fully saturated rings. The van der Waals surface area contributed by atoms with E-state index in [1.165, 1.54) is 12.1 Å². The van der Waals surface area contributed by atoms with E-state index in [9.17, 15) is 14.9 Å². The molecule has 1 amide bonds. The number of hydrogen-bond donors (Lipinski definition) is 3. The maximum atomic E-state index is 11.8. The van der Waals surface area contributed by atoms with Crippen LogP contribution < -0.4 is 11.1 Å². The Morgan fingerprint density at radius 1 is 1.50 bits per heavy atom. The van der Waals surface area contributed by atoms with Gasteiger partial charge in [0.15, 0.2) is 5.82 Å². The van der Waals surface area contributed by atoms with Crippen LogP contribution in [0.2, 0.25) is 0 Å². The molecule has 0 radical (unpaired) electrons. The Bertz CT molecular complexity index is 683. The zero-order chi connectivity index (χ0) is 16.1. The number of nitrogens with one attached hydrogen (secondary N) is 2. The highest BCUT2D eigenvalue weighted by molar-refractivity contribution is 5.94. The molecule has 1 aromatic carbocycles. The van der Waals surface area contributed by atoms with Gasteiger partial charge in [0.2, 0.25) is 5.91 Å². The summed E-state index contributed by atoms with van der Waals surface area (Å²) in [4.78, 5) is 22.1. The Morgan fingerprint density at radius 3 is 2.95 bits per heavy atom. The van der Waals surface area contributed by atoms with Crippen LogP contribution in [0.3, 0.4) is 0 Å². The van der Waals surface area contributed by atoms with Crippen LogP contribution in [-0.2, 0) is 4.79 Å². The van der Waals surface area contributed by atoms with Crippen molar-refractivity contribution in [1.82, 2.24) is 10.2 Å². The largest absolute Gasteiger partial charge is 0.320 e. The second kappa shape index (κ2) is 6.81. The summed E-state index contributed by atoms with van der Waals surface area (Å²) in [5.74, 6) is 0.0250. The van der Waals surface area contributed by atoms with Gasteiger partial charge in [-0.2, -0.15) is 5.10 Å². The number of carbonyl (C=O) groups excluding carboxylic acids is 1. The van der Waals surface area contributed by atoms with Crippen molar-refractivity contribution in [3.05, 3.63) is 40.4 Å². The first-order chi connectivity index (χ1) is 10.5. The lowest BCUT2D eigenvalue weighted by molar-refractivity contribution is -0.384. The molecule has 0 saturated heterocycles. The Hall–Kier alpha value is -2.74. The molecule has 0 aliphatic rings. The van der Waals surface area contributed by atoms with Crippen LogP contribution in [0, 0.1) is 10.1 Å². The number of H-pyrrole nitrogens is 1. The summed E-state index contributed by atoms with van der Waals surface area (Å²) in [6.07, 6.45) is 1.40. The first-order valence-corrected chi connectivity index (χ1v) is 6.88. The van der Waals surface area contributed by atoms with E-state index in [-0.39, 0.29) is 11.6 Å². The molecule has 2 rings (SSSR count). The third-order valence-corrected chi connectivity index (χ3v) is 3.13. The van der Waals surface area contributed by atoms with E-state index in [2.05, 4.69) is 15.5 Å². The van der Waals surface area contributed by atoms with Gasteiger partial charge in [-0.3, -0.25) is 20.0 Å². The molecule has 1 atom stereocenters. The van der Waals surface area contributed by atoms with Gasteiger partial charge in [0, 0.05) is 23.8 Å². The van der Waals surface area contributed by atoms with Crippen molar-refractivity contribution in [2.45, 2.75) is 25.8 Å². The second-order valence-electron chi connectivity index (χ2n) is 4.86. The summed E-state index contributed by atoms with van der Waals surface area (Å²) < 4.78 is 0. The summed E-state index contributed by atoms with van der Waals surface area (Å²) in [5.41, 5.74) is 6.89. The van der Waals surface area contributed by atoms with Crippen molar-refractivity contribution >= 4 is 17.4 Å². The summed E-state index contributed by atoms with van der Waals surface area (Å²) in [6.45, 7) is 1.95. The number of aromatic amines is 1. The number of hydrogen-bond acceptors (Lipinski definition) is 5. The highest BCUT2D eigenvalue weighted by Crippen LogP contribution is 2.23. The normalized spacial score (nSPS) is 11.9. The molecular formula is C14H17N5O3. The molecule has 22 heavy (non-hydrogen) atoms. The number of aromatic nitrogens is 2. The molecule has 1 aromatic heterocycles. The van der Waals surface area contributed by atoms with E-state index < -0.39 is 11.0 Å². The van der Waals surface area contributed by atoms with Crippen LogP contribution in [0.15, 0.2) is 30.3 Å². The van der Waals surface area contributed by atoms with Gasteiger partial charge in [0.05, 0.1) is 16.7 Å². The molecule has 0 spiro atoms. The van der Waals surface area contributed by atoms with Crippen molar-refractivity contribution in [3.8, 4) is 11.3 Å². The fourth-order valence-electron chi connectivity index (χ4n) is 1.98. The maximum Gasteiger partial charge on any atom is 0.270 e. The molecular weight excluding hydrogens is 286 g/mol. The van der Waals surface area contributed by atoms with Gasteiger partial charge < -0.3 is 11.1 Å². The number of nitrogens with two attached hydrogens (primary N) is 1. The fraction of sp³-hybridized carbons (Fsp3) is 0.286. The number of anilines is 1. The van der Waals surface area contributed by atoms with Crippen molar-refractivity contribution < 1.29 is 9.72 Å². The third-order valence-electron chi connectivity index (χ3n) is 3.13. The Labute approximate surface area is 126 Å². The quantitative estimate of drug-likeness (QED) is 0.556. The molecule has 0 saturated carbocycles. The standard InChI is InChI=1S/C14H17N5O3/c1-2-4-11(15)14(20)16-13-8-12(17-18-13)9-5-3-6-10(7-9)19(21)22/h3,5-8,11H,2,4,15H2,1H3,(H2,16,17,18,20). The smallest absolute Gasteiger partial charge is 0.270 e. The second-order valence-corrected chi connectivity index (χ2v) is 4.86. The Morgan fingerprint density at radius 2 is 2.27 bits per heavy atom. The molecule has 1 heterocycles. The van der Waals surface area contributed by atoms with Gasteiger partial charge in [-0.1, -0.05) is 25.5 Å². The Balaban J connectivity index is 2.13. The number of nitro groups is 1. The van der Waals surface area contributed by atoms with Crippen molar-refractivity contribution in [2.75, 3.05) is 5.32 Å². The minimum absolute atomic E-state index is 0.0114. The number of nitro benzene ring substituents is 1. The summed E-state index contributed by atoms with van der Waals surface area (Å²) in [5, 5.41) is 20.1. The van der Waals surface area contributed by atoms with Gasteiger partial charge in [-0.05, 0) is 6.42 Å². The van der Waals surface area contributed by atoms with Crippen molar-refractivity contribution in [1.29, 1.82) is 0 Å². The monoisotopic (exact) mass is 303 g/mol. The number of carbonyl (C=O) groups is 1. The van der Waals surface area contributed by atoms with Gasteiger partial charge in [-0.25, -0.2) is 0 Å². The lowest BCUT2D eigenvalue weighted by Gasteiger charge is -2.08. The molecule has 4 N–H and O–H groups in total. The van der Waals surface area contributed by atoms with Gasteiger partial charge in [0.1, 0.15) is 0 Å². The van der Waals surface area contributed by atoms with Crippen LogP contribution in [0.4, 0.5) is 11.5 Å². The van der Waals surface area contributed by atoms with Gasteiger partial charge in [-0.15, -0.1) is 0 Å². The summed E-state index contributed by atoms with van der Waals surface area (Å²) >= 11 is 0. The predicted octanol–water partition coefficient (Wildman–Crippen LogP) is 2.05. The van der Waals surface area contributed by atoms with Crippen LogP contribution in [0.25, 0.3) is 11.3 Å². The number of non-ortho nitro benzene ring substituents is 1. The first-order valence-electron chi connectivity index (χ1n) is 6.88. The van der Waals surface area contributed by atoms with Crippen LogP contribution in [0.5, 0.6) is 0 Å². The zero-order valence-corrected chi connectivity index (χ0v) is 12.1. The average molecular weight is 303 g/mol. The number of nitrogens with zero attached hydrogens (tertiary/aromatic N) is 2. The SMILES string of the molecule is CCCC(N)C(=O)Nc1cc(-c2cccc([N+](=O)[O-])c2)[nH]n1. The molecule has 1 unspecified atom stereocenters. The lowest BCUT2D eigenvalue weighted by Crippen LogP contribution is -2.35. The van der Waals surface area contributed by atoms with E-state index in [4.69, 9.17) is 5.73 Å². The van der Waals surface area contributed by atoms with Crippen LogP contribution in [-0.4, -0.2) is 27.1 Å². The molecule has 0 aliphatic carbocycles. The highest BCUT2D eigenvalue weighted by atomic mass is 16.6. The molecule has 2 aromatic rings. The van der Waals surface area contributed by atoms with E-state index in [1.54, 1.807) is 18.2 Å². The summed E-state index contributed by atoms with van der Waals surface area (Å²) in [6, 6.07) is 7.17. The third kappa shape index (κ3) is 3.67. The molecule has 116 valence electrons. The number of rotatable bonds is 6. The van der Waals surface area contributed by atoms with Crippen molar-refractivity contribution in [2.24, 2.45) is 5.73 Å². The topological polar surface area (TPSA) is 127 Å². The average Bonchev–Trinajstić information content (AvgIpc) is 2.96. The minimum Gasteiger partial charge on any atom is -0.320 e.